The number of ether oxygens (including phenoxy) is 2. The third kappa shape index (κ3) is 4.37. The van der Waals surface area contributed by atoms with Crippen LogP contribution in [0.15, 0.2) is 36.7 Å². The van der Waals surface area contributed by atoms with Crippen molar-refractivity contribution in [2.75, 3.05) is 24.7 Å². The molecule has 2 aliphatic rings. The van der Waals surface area contributed by atoms with Crippen LogP contribution in [0.4, 0.5) is 10.2 Å². The number of rotatable bonds is 7. The maximum atomic E-state index is 14.3. The Labute approximate surface area is 191 Å². The van der Waals surface area contributed by atoms with Gasteiger partial charge < -0.3 is 20.1 Å². The predicted octanol–water partition coefficient (Wildman–Crippen LogP) is 3.65. The van der Waals surface area contributed by atoms with E-state index in [1.54, 1.807) is 29.8 Å². The molecule has 2 aromatic heterocycles. The Morgan fingerprint density at radius 1 is 1.30 bits per heavy atom. The number of halogens is 1. The van der Waals surface area contributed by atoms with Crippen LogP contribution in [0.5, 0.6) is 5.75 Å². The summed E-state index contributed by atoms with van der Waals surface area (Å²) in [6, 6.07) is 6.42. The Bertz CT molecular complexity index is 1180. The maximum absolute atomic E-state index is 14.3. The number of anilines is 1. The first kappa shape index (κ1) is 21.6. The molecule has 174 valence electrons. The van der Waals surface area contributed by atoms with Crippen LogP contribution in [0.1, 0.15) is 61.0 Å². The highest BCUT2D eigenvalue weighted by molar-refractivity contribution is 5.95. The fourth-order valence-electron chi connectivity index (χ4n) is 4.34. The Kier molecular flexibility index (Phi) is 5.65. The molecular formula is C24H28FN5O3. The lowest BCUT2D eigenvalue weighted by Crippen LogP contribution is -2.35. The minimum atomic E-state index is -0.455. The van der Waals surface area contributed by atoms with E-state index in [4.69, 9.17) is 20.2 Å². The molecule has 8 nitrogen and oxygen atoms in total. The molecule has 1 saturated carbocycles. The first-order valence-electron chi connectivity index (χ1n) is 11.5. The number of hydrogen-bond acceptors (Lipinski definition) is 7. The van der Waals surface area contributed by atoms with E-state index in [1.807, 2.05) is 6.07 Å². The first-order valence-corrected chi connectivity index (χ1v) is 11.5. The Morgan fingerprint density at radius 2 is 2.15 bits per heavy atom. The van der Waals surface area contributed by atoms with E-state index in [1.165, 1.54) is 12.3 Å². The van der Waals surface area contributed by atoms with Crippen molar-refractivity contribution < 1.29 is 18.7 Å². The Hall–Kier alpha value is -3.20. The highest BCUT2D eigenvalue weighted by Crippen LogP contribution is 2.40. The molecule has 1 unspecified atom stereocenters. The summed E-state index contributed by atoms with van der Waals surface area (Å²) in [5.74, 6) is 0.595. The lowest BCUT2D eigenvalue weighted by molar-refractivity contribution is 0.0528. The highest BCUT2D eigenvalue weighted by atomic mass is 19.1. The molecule has 9 heteroatoms. The molecule has 1 aromatic carbocycles. The first-order chi connectivity index (χ1) is 16.0. The van der Waals surface area contributed by atoms with Crippen LogP contribution in [0.2, 0.25) is 0 Å². The Morgan fingerprint density at radius 3 is 2.94 bits per heavy atom. The minimum absolute atomic E-state index is 0.110. The number of nitrogens with two attached hydrogens (primary N) is 1. The van der Waals surface area contributed by atoms with Crippen molar-refractivity contribution in [3.05, 3.63) is 53.6 Å². The highest BCUT2D eigenvalue weighted by Gasteiger charge is 2.39. The van der Waals surface area contributed by atoms with Gasteiger partial charge in [-0.2, -0.15) is 5.10 Å². The van der Waals surface area contributed by atoms with Crippen molar-refractivity contribution in [3.8, 4) is 5.75 Å². The average molecular weight is 454 g/mol. The zero-order chi connectivity index (χ0) is 23.0. The van der Waals surface area contributed by atoms with Crippen LogP contribution in [-0.2, 0) is 4.74 Å². The van der Waals surface area contributed by atoms with Gasteiger partial charge in [0.25, 0.3) is 0 Å². The molecule has 1 aliphatic heterocycles. The number of esters is 1. The Balaban J connectivity index is 1.49. The summed E-state index contributed by atoms with van der Waals surface area (Å²) in [6.07, 6.45) is 7.97. The molecular weight excluding hydrogens is 425 g/mol. The van der Waals surface area contributed by atoms with Crippen LogP contribution < -0.4 is 15.4 Å². The molecule has 0 amide bonds. The molecule has 0 radical (unpaired) electrons. The number of piperidine rings is 1. The smallest absolute Gasteiger partial charge is 0.343 e. The molecule has 1 saturated heterocycles. The van der Waals surface area contributed by atoms with E-state index >= 15 is 0 Å². The van der Waals surface area contributed by atoms with E-state index in [2.05, 4.69) is 10.00 Å². The number of aromatic nitrogens is 3. The van der Waals surface area contributed by atoms with Crippen LogP contribution in [0, 0.1) is 5.82 Å². The van der Waals surface area contributed by atoms with Crippen molar-refractivity contribution in [1.82, 2.24) is 14.6 Å². The maximum Gasteiger partial charge on any atom is 0.343 e. The van der Waals surface area contributed by atoms with Gasteiger partial charge in [0.1, 0.15) is 29.6 Å². The summed E-state index contributed by atoms with van der Waals surface area (Å²) in [5.41, 5.74) is 7.49. The van der Waals surface area contributed by atoms with Crippen molar-refractivity contribution in [3.63, 3.8) is 0 Å². The predicted molar refractivity (Wildman–Crippen MR) is 121 cm³/mol. The van der Waals surface area contributed by atoms with E-state index in [-0.39, 0.29) is 24.0 Å². The van der Waals surface area contributed by atoms with Gasteiger partial charge in [-0.1, -0.05) is 0 Å². The lowest BCUT2D eigenvalue weighted by Gasteiger charge is -2.37. The lowest BCUT2D eigenvalue weighted by atomic mass is 9.94. The summed E-state index contributed by atoms with van der Waals surface area (Å²) < 4.78 is 27.1. The zero-order valence-corrected chi connectivity index (χ0v) is 18.7. The van der Waals surface area contributed by atoms with Gasteiger partial charge >= 0.3 is 5.97 Å². The van der Waals surface area contributed by atoms with E-state index in [0.717, 1.165) is 44.2 Å². The summed E-state index contributed by atoms with van der Waals surface area (Å²) in [7, 11) is 0. The second kappa shape index (κ2) is 8.62. The van der Waals surface area contributed by atoms with Gasteiger partial charge in [0.05, 0.1) is 24.4 Å². The molecule has 2 fully saturated rings. The number of hydrogen-bond donors (Lipinski definition) is 1. The van der Waals surface area contributed by atoms with Gasteiger partial charge in [-0.05, 0) is 63.3 Å². The van der Waals surface area contributed by atoms with Gasteiger partial charge in [-0.3, -0.25) is 0 Å². The summed E-state index contributed by atoms with van der Waals surface area (Å²) in [6.45, 7) is 3.21. The van der Waals surface area contributed by atoms with Crippen LogP contribution in [0.3, 0.4) is 0 Å². The molecule has 3 aromatic rings. The van der Waals surface area contributed by atoms with Gasteiger partial charge in [0, 0.05) is 18.3 Å². The van der Waals surface area contributed by atoms with Crippen molar-refractivity contribution in [2.45, 2.75) is 50.6 Å². The third-order valence-corrected chi connectivity index (χ3v) is 6.39. The van der Waals surface area contributed by atoms with E-state index in [0.29, 0.717) is 29.4 Å². The number of benzene rings is 1. The monoisotopic (exact) mass is 453 g/mol. The van der Waals surface area contributed by atoms with Crippen molar-refractivity contribution in [2.24, 2.45) is 5.73 Å². The van der Waals surface area contributed by atoms with Crippen LogP contribution >= 0.6 is 0 Å². The number of nitrogens with zero attached hydrogens (tertiary/aromatic N) is 4. The molecule has 1 atom stereocenters. The summed E-state index contributed by atoms with van der Waals surface area (Å²) in [4.78, 5) is 19.2. The molecule has 0 spiro atoms. The van der Waals surface area contributed by atoms with Gasteiger partial charge in [-0.15, -0.1) is 0 Å². The van der Waals surface area contributed by atoms with Gasteiger partial charge in [-0.25, -0.2) is 18.7 Å². The standard InChI is InChI=1S/C24H28FN5O3/c1-2-32-23(31)18-14-27-30-12-8-21(28-22(18)30)29-11-4-3-5-19(29)17-13-16(25)6-7-20(17)33-15-24(26)9-10-24/h6-8,12-14,19H,2-5,9-11,15,26H2,1H3. The normalized spacial score (nSPS) is 19.5. The molecule has 0 bridgehead atoms. The van der Waals surface area contributed by atoms with Gasteiger partial charge in [0.15, 0.2) is 5.65 Å². The van der Waals surface area contributed by atoms with Crippen molar-refractivity contribution >= 4 is 17.4 Å². The SMILES string of the molecule is CCOC(=O)c1cnn2ccc(N3CCCCC3c3cc(F)ccc3OCC3(N)CC3)nc12. The number of carbonyl (C=O) groups excluding carboxylic acids is 1. The van der Waals surface area contributed by atoms with Crippen LogP contribution in [-0.4, -0.2) is 45.9 Å². The molecule has 33 heavy (non-hydrogen) atoms. The summed E-state index contributed by atoms with van der Waals surface area (Å²) in [5, 5.41) is 4.22. The molecule has 5 rings (SSSR count). The van der Waals surface area contributed by atoms with Gasteiger partial charge in [0.2, 0.25) is 0 Å². The second-order valence-corrected chi connectivity index (χ2v) is 8.87. The molecule has 1 aliphatic carbocycles. The van der Waals surface area contributed by atoms with E-state index < -0.39 is 5.97 Å². The minimum Gasteiger partial charge on any atom is -0.491 e. The number of carbonyl (C=O) groups is 1. The topological polar surface area (TPSA) is 95.0 Å². The van der Waals surface area contributed by atoms with Crippen molar-refractivity contribution in [1.29, 1.82) is 0 Å². The second-order valence-electron chi connectivity index (χ2n) is 8.87. The number of fused-ring (bicyclic) bond motifs is 1. The fourth-order valence-corrected chi connectivity index (χ4v) is 4.34. The largest absolute Gasteiger partial charge is 0.491 e. The molecule has 2 N–H and O–H groups in total. The fraction of sp³-hybridized carbons (Fsp3) is 0.458. The third-order valence-electron chi connectivity index (χ3n) is 6.39. The molecule has 3 heterocycles. The quantitative estimate of drug-likeness (QED) is 0.546. The summed E-state index contributed by atoms with van der Waals surface area (Å²) >= 11 is 0. The zero-order valence-electron chi connectivity index (χ0n) is 18.7. The average Bonchev–Trinajstić information content (AvgIpc) is 3.41. The van der Waals surface area contributed by atoms with E-state index in [9.17, 15) is 9.18 Å². The van der Waals surface area contributed by atoms with Crippen LogP contribution in [0.25, 0.3) is 5.65 Å².